The van der Waals surface area contributed by atoms with Crippen LogP contribution in [-0.4, -0.2) is 22.7 Å². The number of aromatic amines is 1. The molecular weight excluding hydrogens is 412 g/mol. The number of carbonyl (C=O) groups is 1. The molecule has 5 heteroatoms. The standard InChI is InChI=1S/C28H30N2O3/c1-2-5-20-9-13-23(14-10-20)29-19-22-6-3-7-26-25(22)18-27(30-26)21-11-15-24(16-12-21)33-17-4-8-28(31)32/h3,6-7,9-16,18,29-30H,2,4-5,8,17,19H2,1H3,(H,31,32). The summed E-state index contributed by atoms with van der Waals surface area (Å²) in [7, 11) is 0. The fourth-order valence-corrected chi connectivity index (χ4v) is 3.95. The van der Waals surface area contributed by atoms with Crippen molar-refractivity contribution in [2.45, 2.75) is 39.2 Å². The van der Waals surface area contributed by atoms with Gasteiger partial charge in [0.05, 0.1) is 6.61 Å². The SMILES string of the molecule is CCCc1ccc(NCc2cccc3[nH]c(-c4ccc(OCCCC(=O)O)cc4)cc23)cc1. The first kappa shape index (κ1) is 22.5. The van der Waals surface area contributed by atoms with Crippen LogP contribution in [0.5, 0.6) is 5.75 Å². The molecular formula is C28H30N2O3. The Morgan fingerprint density at radius 3 is 2.55 bits per heavy atom. The molecule has 33 heavy (non-hydrogen) atoms. The maximum Gasteiger partial charge on any atom is 0.303 e. The molecule has 0 bridgehead atoms. The summed E-state index contributed by atoms with van der Waals surface area (Å²) < 4.78 is 5.64. The van der Waals surface area contributed by atoms with Crippen LogP contribution in [0.3, 0.4) is 0 Å². The van der Waals surface area contributed by atoms with Gasteiger partial charge in [0.2, 0.25) is 0 Å². The number of carboxylic acids is 1. The largest absolute Gasteiger partial charge is 0.494 e. The van der Waals surface area contributed by atoms with Crippen molar-refractivity contribution in [2.75, 3.05) is 11.9 Å². The van der Waals surface area contributed by atoms with E-state index < -0.39 is 5.97 Å². The summed E-state index contributed by atoms with van der Waals surface area (Å²) in [5, 5.41) is 13.5. The van der Waals surface area contributed by atoms with Gasteiger partial charge in [0.15, 0.2) is 0 Å². The Kier molecular flexibility index (Phi) is 7.30. The molecule has 4 rings (SSSR count). The number of rotatable bonds is 11. The summed E-state index contributed by atoms with van der Waals surface area (Å²) in [6.45, 7) is 3.35. The van der Waals surface area contributed by atoms with Gasteiger partial charge in [-0.1, -0.05) is 37.6 Å². The summed E-state index contributed by atoms with van der Waals surface area (Å²) in [6.07, 6.45) is 2.89. The number of hydrogen-bond acceptors (Lipinski definition) is 3. The van der Waals surface area contributed by atoms with E-state index in [9.17, 15) is 4.79 Å². The number of carboxylic acid groups (broad SMARTS) is 1. The lowest BCUT2D eigenvalue weighted by atomic mass is 10.1. The molecule has 1 aromatic heterocycles. The minimum absolute atomic E-state index is 0.120. The molecule has 0 saturated carbocycles. The van der Waals surface area contributed by atoms with E-state index in [-0.39, 0.29) is 6.42 Å². The highest BCUT2D eigenvalue weighted by Gasteiger charge is 2.08. The zero-order chi connectivity index (χ0) is 23.0. The number of fused-ring (bicyclic) bond motifs is 1. The molecule has 0 saturated heterocycles. The van der Waals surface area contributed by atoms with E-state index in [4.69, 9.17) is 9.84 Å². The quantitative estimate of drug-likeness (QED) is 0.228. The average Bonchev–Trinajstić information content (AvgIpc) is 3.27. The normalized spacial score (nSPS) is 10.9. The van der Waals surface area contributed by atoms with Gasteiger partial charge >= 0.3 is 5.97 Å². The van der Waals surface area contributed by atoms with Crippen molar-refractivity contribution in [1.82, 2.24) is 4.98 Å². The lowest BCUT2D eigenvalue weighted by Gasteiger charge is -2.08. The summed E-state index contributed by atoms with van der Waals surface area (Å²) >= 11 is 0. The Bertz CT molecular complexity index is 1190. The highest BCUT2D eigenvalue weighted by molar-refractivity contribution is 5.88. The number of H-pyrrole nitrogens is 1. The van der Waals surface area contributed by atoms with Crippen LogP contribution in [0.1, 0.15) is 37.3 Å². The topological polar surface area (TPSA) is 74.3 Å². The van der Waals surface area contributed by atoms with Crippen LogP contribution in [0.2, 0.25) is 0 Å². The van der Waals surface area contributed by atoms with Gasteiger partial charge in [-0.3, -0.25) is 4.79 Å². The van der Waals surface area contributed by atoms with E-state index in [1.807, 2.05) is 24.3 Å². The summed E-state index contributed by atoms with van der Waals surface area (Å²) in [6, 6.07) is 25.1. The van der Waals surface area contributed by atoms with Crippen molar-refractivity contribution in [3.05, 3.63) is 83.9 Å². The van der Waals surface area contributed by atoms with Crippen molar-refractivity contribution in [1.29, 1.82) is 0 Å². The van der Waals surface area contributed by atoms with Gasteiger partial charge in [0, 0.05) is 35.2 Å². The number of nitrogens with one attached hydrogen (secondary N) is 2. The molecule has 0 aliphatic heterocycles. The molecule has 0 fully saturated rings. The van der Waals surface area contributed by atoms with Gasteiger partial charge in [-0.15, -0.1) is 0 Å². The molecule has 3 aromatic carbocycles. The molecule has 0 amide bonds. The van der Waals surface area contributed by atoms with Crippen molar-refractivity contribution < 1.29 is 14.6 Å². The molecule has 0 aliphatic carbocycles. The zero-order valence-electron chi connectivity index (χ0n) is 18.9. The van der Waals surface area contributed by atoms with E-state index in [0.29, 0.717) is 13.0 Å². The fourth-order valence-electron chi connectivity index (χ4n) is 3.95. The number of aromatic nitrogens is 1. The average molecular weight is 443 g/mol. The molecule has 5 nitrogen and oxygen atoms in total. The predicted octanol–water partition coefficient (Wildman–Crippen LogP) is 6.64. The fraction of sp³-hybridized carbons (Fsp3) is 0.250. The smallest absolute Gasteiger partial charge is 0.303 e. The van der Waals surface area contributed by atoms with Gasteiger partial charge in [-0.05, 0) is 78.1 Å². The first-order valence-corrected chi connectivity index (χ1v) is 11.5. The third kappa shape index (κ3) is 5.95. The first-order valence-electron chi connectivity index (χ1n) is 11.5. The lowest BCUT2D eigenvalue weighted by molar-refractivity contribution is -0.137. The summed E-state index contributed by atoms with van der Waals surface area (Å²) in [5.74, 6) is -0.0534. The van der Waals surface area contributed by atoms with Crippen molar-refractivity contribution in [3.8, 4) is 17.0 Å². The highest BCUT2D eigenvalue weighted by atomic mass is 16.5. The number of aliphatic carboxylic acids is 1. The van der Waals surface area contributed by atoms with Gasteiger partial charge in [-0.25, -0.2) is 0 Å². The van der Waals surface area contributed by atoms with Crippen LogP contribution in [0.4, 0.5) is 5.69 Å². The van der Waals surface area contributed by atoms with Crippen molar-refractivity contribution in [3.63, 3.8) is 0 Å². The number of hydrogen-bond donors (Lipinski definition) is 3. The molecule has 0 aliphatic rings. The van der Waals surface area contributed by atoms with Gasteiger partial charge < -0.3 is 20.1 Å². The van der Waals surface area contributed by atoms with Crippen LogP contribution in [0.25, 0.3) is 22.2 Å². The van der Waals surface area contributed by atoms with E-state index >= 15 is 0 Å². The highest BCUT2D eigenvalue weighted by Crippen LogP contribution is 2.28. The van der Waals surface area contributed by atoms with E-state index in [2.05, 4.69) is 65.8 Å². The minimum atomic E-state index is -0.799. The maximum absolute atomic E-state index is 10.6. The Hall–Kier alpha value is -3.73. The maximum atomic E-state index is 10.6. The van der Waals surface area contributed by atoms with Crippen LogP contribution in [-0.2, 0) is 17.8 Å². The van der Waals surface area contributed by atoms with E-state index in [1.165, 1.54) is 16.5 Å². The lowest BCUT2D eigenvalue weighted by Crippen LogP contribution is -2.01. The summed E-state index contributed by atoms with van der Waals surface area (Å²) in [4.78, 5) is 14.1. The molecule has 0 spiro atoms. The number of anilines is 1. The van der Waals surface area contributed by atoms with Crippen molar-refractivity contribution in [2.24, 2.45) is 0 Å². The molecule has 3 N–H and O–H groups in total. The van der Waals surface area contributed by atoms with Crippen LogP contribution in [0, 0.1) is 0 Å². The van der Waals surface area contributed by atoms with E-state index in [0.717, 1.165) is 47.6 Å². The van der Waals surface area contributed by atoms with Crippen LogP contribution >= 0.6 is 0 Å². The number of benzene rings is 3. The van der Waals surface area contributed by atoms with Crippen LogP contribution < -0.4 is 10.1 Å². The Balaban J connectivity index is 1.43. The molecule has 0 atom stereocenters. The molecule has 4 aromatic rings. The number of aryl methyl sites for hydroxylation is 1. The molecule has 170 valence electrons. The second-order valence-corrected chi connectivity index (χ2v) is 8.23. The van der Waals surface area contributed by atoms with Gasteiger partial charge in [0.25, 0.3) is 0 Å². The third-order valence-corrected chi connectivity index (χ3v) is 5.70. The van der Waals surface area contributed by atoms with E-state index in [1.54, 1.807) is 0 Å². The zero-order valence-corrected chi connectivity index (χ0v) is 18.9. The predicted molar refractivity (Wildman–Crippen MR) is 134 cm³/mol. The van der Waals surface area contributed by atoms with Crippen LogP contribution in [0.15, 0.2) is 72.8 Å². The van der Waals surface area contributed by atoms with Crippen molar-refractivity contribution >= 4 is 22.6 Å². The molecule has 1 heterocycles. The Morgan fingerprint density at radius 2 is 1.82 bits per heavy atom. The molecule has 0 unspecified atom stereocenters. The minimum Gasteiger partial charge on any atom is -0.494 e. The Labute approximate surface area is 194 Å². The molecule has 0 radical (unpaired) electrons. The van der Waals surface area contributed by atoms with Gasteiger partial charge in [-0.2, -0.15) is 0 Å². The summed E-state index contributed by atoms with van der Waals surface area (Å²) in [5.41, 5.74) is 6.98. The monoisotopic (exact) mass is 442 g/mol. The second kappa shape index (κ2) is 10.7. The van der Waals surface area contributed by atoms with Gasteiger partial charge in [0.1, 0.15) is 5.75 Å². The number of ether oxygens (including phenoxy) is 1. The third-order valence-electron chi connectivity index (χ3n) is 5.70. The second-order valence-electron chi connectivity index (χ2n) is 8.23. The Morgan fingerprint density at radius 1 is 1.03 bits per heavy atom. The first-order chi connectivity index (χ1) is 16.1.